The lowest BCUT2D eigenvalue weighted by atomic mass is 10.2. The summed E-state index contributed by atoms with van der Waals surface area (Å²) in [5.41, 5.74) is 1.09. The molecule has 0 heterocycles. The molecule has 0 spiro atoms. The van der Waals surface area contributed by atoms with Gasteiger partial charge in [-0.15, -0.1) is 0 Å². The van der Waals surface area contributed by atoms with E-state index in [0.29, 0.717) is 16.9 Å². The molecule has 0 amide bonds. The number of nitrogens with one attached hydrogen (secondary N) is 2. The highest BCUT2D eigenvalue weighted by atomic mass is 32.2. The molecule has 106 valence electrons. The van der Waals surface area contributed by atoms with Crippen molar-refractivity contribution in [2.24, 2.45) is 5.92 Å². The van der Waals surface area contributed by atoms with Gasteiger partial charge < -0.3 is 5.32 Å². The van der Waals surface area contributed by atoms with Gasteiger partial charge in [0.15, 0.2) is 0 Å². The fourth-order valence-electron chi connectivity index (χ4n) is 1.86. The van der Waals surface area contributed by atoms with E-state index >= 15 is 0 Å². The highest BCUT2D eigenvalue weighted by Crippen LogP contribution is 2.30. The molecule has 4 nitrogen and oxygen atoms in total. The molecular formula is C14H22N2O2S. The van der Waals surface area contributed by atoms with Gasteiger partial charge >= 0.3 is 0 Å². The van der Waals surface area contributed by atoms with E-state index in [1.165, 1.54) is 0 Å². The summed E-state index contributed by atoms with van der Waals surface area (Å²) in [5, 5.41) is 3.30. The Morgan fingerprint density at radius 1 is 1.26 bits per heavy atom. The van der Waals surface area contributed by atoms with Gasteiger partial charge in [0.1, 0.15) is 0 Å². The van der Waals surface area contributed by atoms with Crippen molar-refractivity contribution in [2.45, 2.75) is 50.7 Å². The molecule has 2 unspecified atom stereocenters. The lowest BCUT2D eigenvalue weighted by Crippen LogP contribution is -2.27. The monoisotopic (exact) mass is 282 g/mol. The Bertz CT molecular complexity index is 523. The quantitative estimate of drug-likeness (QED) is 0.837. The van der Waals surface area contributed by atoms with E-state index in [9.17, 15) is 8.42 Å². The van der Waals surface area contributed by atoms with Crippen molar-refractivity contribution in [1.29, 1.82) is 0 Å². The van der Waals surface area contributed by atoms with Crippen molar-refractivity contribution in [3.05, 3.63) is 29.8 Å². The second-order valence-corrected chi connectivity index (χ2v) is 7.33. The molecule has 2 rings (SSSR count). The van der Waals surface area contributed by atoms with Gasteiger partial charge in [-0.25, -0.2) is 13.1 Å². The molecule has 2 N–H and O–H groups in total. The lowest BCUT2D eigenvalue weighted by molar-refractivity contribution is 0.577. The number of sulfonamides is 1. The van der Waals surface area contributed by atoms with E-state index in [-0.39, 0.29) is 6.04 Å². The maximum atomic E-state index is 12.1. The van der Waals surface area contributed by atoms with Gasteiger partial charge in [0.05, 0.1) is 4.90 Å². The predicted octanol–water partition coefficient (Wildman–Crippen LogP) is 1.87. The second-order valence-electron chi connectivity index (χ2n) is 5.62. The first-order chi connectivity index (χ1) is 8.88. The summed E-state index contributed by atoms with van der Waals surface area (Å²) < 4.78 is 26.9. The SMILES string of the molecule is CC(C)NCc1ccc(S(=O)(=O)NC2CC2C)cc1. The smallest absolute Gasteiger partial charge is 0.240 e. The van der Waals surface area contributed by atoms with Crippen LogP contribution in [0.1, 0.15) is 32.8 Å². The molecular weight excluding hydrogens is 260 g/mol. The molecule has 0 saturated heterocycles. The maximum absolute atomic E-state index is 12.1. The largest absolute Gasteiger partial charge is 0.310 e. The molecule has 1 aliphatic carbocycles. The van der Waals surface area contributed by atoms with Crippen LogP contribution in [0.25, 0.3) is 0 Å². The zero-order valence-electron chi connectivity index (χ0n) is 11.7. The van der Waals surface area contributed by atoms with E-state index < -0.39 is 10.0 Å². The third-order valence-electron chi connectivity index (χ3n) is 3.36. The van der Waals surface area contributed by atoms with Crippen LogP contribution in [-0.2, 0) is 16.6 Å². The number of rotatable bonds is 6. The average Bonchev–Trinajstić information content (AvgIpc) is 3.02. The van der Waals surface area contributed by atoms with Crippen LogP contribution in [0.4, 0.5) is 0 Å². The molecule has 5 heteroatoms. The van der Waals surface area contributed by atoms with E-state index in [4.69, 9.17) is 0 Å². The van der Waals surface area contributed by atoms with Crippen molar-refractivity contribution in [3.63, 3.8) is 0 Å². The Morgan fingerprint density at radius 3 is 2.32 bits per heavy atom. The van der Waals surface area contributed by atoms with Gasteiger partial charge in [-0.3, -0.25) is 0 Å². The van der Waals surface area contributed by atoms with Gasteiger partial charge in [0.25, 0.3) is 0 Å². The van der Waals surface area contributed by atoms with Crippen LogP contribution in [0, 0.1) is 5.92 Å². The van der Waals surface area contributed by atoms with E-state index in [0.717, 1.165) is 18.5 Å². The standard InChI is InChI=1S/C14H22N2O2S/c1-10(2)15-9-12-4-6-13(7-5-12)19(17,18)16-14-8-11(14)3/h4-7,10-11,14-16H,8-9H2,1-3H3. The molecule has 0 aliphatic heterocycles. The van der Waals surface area contributed by atoms with E-state index in [2.05, 4.69) is 23.9 Å². The second kappa shape index (κ2) is 5.61. The van der Waals surface area contributed by atoms with Gasteiger partial charge in [-0.05, 0) is 30.0 Å². The Labute approximate surface area is 115 Å². The van der Waals surface area contributed by atoms with Crippen molar-refractivity contribution >= 4 is 10.0 Å². The van der Waals surface area contributed by atoms with Crippen LogP contribution in [0.5, 0.6) is 0 Å². The molecule has 1 fully saturated rings. The van der Waals surface area contributed by atoms with Gasteiger partial charge in [0, 0.05) is 18.6 Å². The maximum Gasteiger partial charge on any atom is 0.240 e. The zero-order valence-corrected chi connectivity index (χ0v) is 12.5. The molecule has 1 aromatic rings. The molecule has 19 heavy (non-hydrogen) atoms. The fraction of sp³-hybridized carbons (Fsp3) is 0.571. The summed E-state index contributed by atoms with van der Waals surface area (Å²) in [7, 11) is -3.35. The minimum atomic E-state index is -3.35. The van der Waals surface area contributed by atoms with Crippen molar-refractivity contribution < 1.29 is 8.42 Å². The summed E-state index contributed by atoms with van der Waals surface area (Å²) in [5.74, 6) is 0.462. The molecule has 2 atom stereocenters. The van der Waals surface area contributed by atoms with E-state index in [1.54, 1.807) is 12.1 Å². The summed E-state index contributed by atoms with van der Waals surface area (Å²) >= 11 is 0. The summed E-state index contributed by atoms with van der Waals surface area (Å²) in [6, 6.07) is 7.61. The van der Waals surface area contributed by atoms with Crippen molar-refractivity contribution in [2.75, 3.05) is 0 Å². The number of hydrogen-bond acceptors (Lipinski definition) is 3. The van der Waals surface area contributed by atoms with Crippen LogP contribution in [0.2, 0.25) is 0 Å². The van der Waals surface area contributed by atoms with Crippen LogP contribution in [0.3, 0.4) is 0 Å². The van der Waals surface area contributed by atoms with Crippen molar-refractivity contribution in [1.82, 2.24) is 10.0 Å². The first kappa shape index (κ1) is 14.5. The van der Waals surface area contributed by atoms with Gasteiger partial charge in [-0.2, -0.15) is 0 Å². The average molecular weight is 282 g/mol. The molecule has 1 saturated carbocycles. The molecule has 1 aliphatic rings. The Morgan fingerprint density at radius 2 is 1.84 bits per heavy atom. The first-order valence-electron chi connectivity index (χ1n) is 6.73. The zero-order chi connectivity index (χ0) is 14.0. The van der Waals surface area contributed by atoms with Crippen LogP contribution < -0.4 is 10.0 Å². The van der Waals surface area contributed by atoms with Crippen LogP contribution in [-0.4, -0.2) is 20.5 Å². The number of hydrogen-bond donors (Lipinski definition) is 2. The van der Waals surface area contributed by atoms with Gasteiger partial charge in [-0.1, -0.05) is 32.9 Å². The highest BCUT2D eigenvalue weighted by molar-refractivity contribution is 7.89. The topological polar surface area (TPSA) is 58.2 Å². The minimum Gasteiger partial charge on any atom is -0.310 e. The molecule has 0 aromatic heterocycles. The number of benzene rings is 1. The Balaban J connectivity index is 2.01. The Hall–Kier alpha value is -0.910. The van der Waals surface area contributed by atoms with E-state index in [1.807, 2.05) is 19.1 Å². The lowest BCUT2D eigenvalue weighted by Gasteiger charge is -2.09. The third kappa shape index (κ3) is 4.03. The normalized spacial score (nSPS) is 22.7. The molecule has 0 radical (unpaired) electrons. The highest BCUT2D eigenvalue weighted by Gasteiger charge is 2.36. The summed E-state index contributed by atoms with van der Waals surface area (Å²) in [6.45, 7) is 6.97. The molecule has 1 aromatic carbocycles. The molecule has 0 bridgehead atoms. The van der Waals surface area contributed by atoms with Crippen LogP contribution in [0.15, 0.2) is 29.2 Å². The summed E-state index contributed by atoms with van der Waals surface area (Å²) in [6.07, 6.45) is 0.940. The Kier molecular flexibility index (Phi) is 4.28. The first-order valence-corrected chi connectivity index (χ1v) is 8.21. The van der Waals surface area contributed by atoms with Gasteiger partial charge in [0.2, 0.25) is 10.0 Å². The van der Waals surface area contributed by atoms with Crippen molar-refractivity contribution in [3.8, 4) is 0 Å². The predicted molar refractivity (Wildman–Crippen MR) is 76.3 cm³/mol. The third-order valence-corrected chi connectivity index (χ3v) is 4.87. The fourth-order valence-corrected chi connectivity index (χ4v) is 3.22. The summed E-state index contributed by atoms with van der Waals surface area (Å²) in [4.78, 5) is 0.347. The van der Waals surface area contributed by atoms with Crippen LogP contribution >= 0.6 is 0 Å². The minimum absolute atomic E-state index is 0.118.